The number of sulfonamides is 1. The number of methoxy groups -OCH3 is 1. The molecule has 0 spiro atoms. The zero-order valence-corrected chi connectivity index (χ0v) is 20.0. The van der Waals surface area contributed by atoms with E-state index in [0.717, 1.165) is 17.1 Å². The number of aromatic amines is 1. The van der Waals surface area contributed by atoms with Gasteiger partial charge < -0.3 is 9.47 Å². The summed E-state index contributed by atoms with van der Waals surface area (Å²) < 4.78 is 52.6. The van der Waals surface area contributed by atoms with Gasteiger partial charge >= 0.3 is 0 Å². The van der Waals surface area contributed by atoms with Crippen LogP contribution in [0.15, 0.2) is 77.8 Å². The molecule has 0 saturated heterocycles. The van der Waals surface area contributed by atoms with E-state index in [1.54, 1.807) is 42.5 Å². The van der Waals surface area contributed by atoms with Crippen molar-refractivity contribution in [3.05, 3.63) is 84.4 Å². The molecule has 2 aromatic carbocycles. The molecule has 5 aromatic rings. The average Bonchev–Trinajstić information content (AvgIpc) is 3.25. The number of fused-ring (bicyclic) bond motifs is 1. The Balaban J connectivity index is 1.45. The van der Waals surface area contributed by atoms with Gasteiger partial charge in [-0.25, -0.2) is 22.8 Å². The van der Waals surface area contributed by atoms with Crippen LogP contribution in [0, 0.1) is 12.7 Å². The molecule has 9 nitrogen and oxygen atoms in total. The van der Waals surface area contributed by atoms with Gasteiger partial charge in [0.15, 0.2) is 0 Å². The molecule has 0 bridgehead atoms. The van der Waals surface area contributed by atoms with Gasteiger partial charge in [0.25, 0.3) is 10.0 Å². The van der Waals surface area contributed by atoms with Crippen molar-refractivity contribution < 1.29 is 22.3 Å². The third-order valence-electron chi connectivity index (χ3n) is 5.38. The third-order valence-corrected chi connectivity index (χ3v) is 6.79. The lowest BCUT2D eigenvalue weighted by molar-refractivity contribution is 0.394. The monoisotopic (exact) mass is 505 g/mol. The highest BCUT2D eigenvalue weighted by molar-refractivity contribution is 7.92. The Labute approximate surface area is 206 Å². The largest absolute Gasteiger partial charge is 0.481 e. The number of nitrogens with zero attached hydrogens (tertiary/aromatic N) is 3. The number of pyridine rings is 2. The van der Waals surface area contributed by atoms with Crippen LogP contribution in [0.5, 0.6) is 17.5 Å². The van der Waals surface area contributed by atoms with Gasteiger partial charge in [-0.3, -0.25) is 9.82 Å². The molecule has 0 amide bonds. The van der Waals surface area contributed by atoms with Crippen LogP contribution in [0.25, 0.3) is 22.2 Å². The van der Waals surface area contributed by atoms with Crippen LogP contribution in [-0.2, 0) is 10.0 Å². The first-order chi connectivity index (χ1) is 17.3. The van der Waals surface area contributed by atoms with E-state index in [1.165, 1.54) is 31.5 Å². The van der Waals surface area contributed by atoms with Gasteiger partial charge in [0.05, 0.1) is 29.9 Å². The second kappa shape index (κ2) is 9.27. The summed E-state index contributed by atoms with van der Waals surface area (Å²) in [6.07, 6.45) is 1.53. The lowest BCUT2D eigenvalue weighted by Gasteiger charge is -2.11. The van der Waals surface area contributed by atoms with E-state index in [-0.39, 0.29) is 5.69 Å². The molecule has 0 aliphatic rings. The lowest BCUT2D eigenvalue weighted by Crippen LogP contribution is -2.14. The Morgan fingerprint density at radius 3 is 2.50 bits per heavy atom. The molecule has 0 aliphatic carbocycles. The smallest absolute Gasteiger partial charge is 0.264 e. The average molecular weight is 506 g/mol. The molecule has 0 unspecified atom stereocenters. The van der Waals surface area contributed by atoms with Crippen molar-refractivity contribution in [2.45, 2.75) is 11.8 Å². The summed E-state index contributed by atoms with van der Waals surface area (Å²) in [6.45, 7) is 1.87. The second-order valence-electron chi connectivity index (χ2n) is 7.81. The van der Waals surface area contributed by atoms with Crippen LogP contribution >= 0.6 is 0 Å². The quantitative estimate of drug-likeness (QED) is 0.317. The number of nitrogens with one attached hydrogen (secondary N) is 2. The van der Waals surface area contributed by atoms with Crippen LogP contribution in [0.2, 0.25) is 0 Å². The van der Waals surface area contributed by atoms with Crippen molar-refractivity contribution in [3.8, 4) is 28.8 Å². The number of aromatic nitrogens is 4. The van der Waals surface area contributed by atoms with Gasteiger partial charge in [-0.1, -0.05) is 24.3 Å². The highest BCUT2D eigenvalue weighted by Crippen LogP contribution is 2.33. The zero-order valence-electron chi connectivity index (χ0n) is 19.2. The fourth-order valence-corrected chi connectivity index (χ4v) is 4.75. The van der Waals surface area contributed by atoms with E-state index in [2.05, 4.69) is 24.9 Å². The summed E-state index contributed by atoms with van der Waals surface area (Å²) in [5.41, 5.74) is 2.98. The summed E-state index contributed by atoms with van der Waals surface area (Å²) in [5.74, 6) is 0.442. The van der Waals surface area contributed by atoms with Crippen LogP contribution in [-0.4, -0.2) is 35.7 Å². The van der Waals surface area contributed by atoms with E-state index in [9.17, 15) is 12.8 Å². The summed E-state index contributed by atoms with van der Waals surface area (Å²) in [5, 5.41) is 8.00. The fraction of sp³-hybridized carbons (Fsp3) is 0.0800. The van der Waals surface area contributed by atoms with Gasteiger partial charge in [-0.2, -0.15) is 5.10 Å². The molecular formula is C25H20FN5O4S. The topological polar surface area (TPSA) is 119 Å². The van der Waals surface area contributed by atoms with Gasteiger partial charge in [0.1, 0.15) is 16.5 Å². The third kappa shape index (κ3) is 4.56. The first-order valence-electron chi connectivity index (χ1n) is 10.8. The van der Waals surface area contributed by atoms with Crippen LogP contribution in [0.1, 0.15) is 5.69 Å². The first-order valence-corrected chi connectivity index (χ1v) is 12.2. The number of aryl methyl sites for hydroxylation is 1. The Morgan fingerprint density at radius 2 is 1.81 bits per heavy atom. The SMILES string of the molecule is COc1ccc(Oc2nc(-c3ccc(NS(=O)(=O)c4ccccc4F)cc3)cc3n[nH]c(C)c23)cn1. The molecule has 3 heterocycles. The highest BCUT2D eigenvalue weighted by Gasteiger charge is 2.19. The van der Waals surface area contributed by atoms with E-state index in [1.807, 2.05) is 6.92 Å². The maximum atomic E-state index is 14.0. The van der Waals surface area contributed by atoms with Gasteiger partial charge in [0, 0.05) is 23.0 Å². The number of H-pyrrole nitrogens is 1. The van der Waals surface area contributed by atoms with E-state index in [0.29, 0.717) is 34.3 Å². The van der Waals surface area contributed by atoms with Gasteiger partial charge in [-0.15, -0.1) is 0 Å². The number of benzene rings is 2. The van der Waals surface area contributed by atoms with Crippen LogP contribution < -0.4 is 14.2 Å². The molecular weight excluding hydrogens is 485 g/mol. The molecule has 5 rings (SSSR count). The maximum Gasteiger partial charge on any atom is 0.264 e. The van der Waals surface area contributed by atoms with Gasteiger partial charge in [-0.05, 0) is 43.3 Å². The minimum atomic E-state index is -4.08. The standard InChI is InChI=1S/C25H20FN5O4S/c1-15-24-21(30-29-15)13-20(28-25(24)35-18-11-12-23(34-2)27-14-18)16-7-9-17(10-8-16)31-36(32,33)22-6-4-3-5-19(22)26/h3-14,31H,1-2H3,(H,29,30). The van der Waals surface area contributed by atoms with Crippen molar-refractivity contribution >= 4 is 26.6 Å². The maximum absolute atomic E-state index is 14.0. The van der Waals surface area contributed by atoms with Crippen molar-refractivity contribution in [3.63, 3.8) is 0 Å². The number of hydrogen-bond acceptors (Lipinski definition) is 7. The molecule has 36 heavy (non-hydrogen) atoms. The molecule has 0 radical (unpaired) electrons. The van der Waals surface area contributed by atoms with Crippen molar-refractivity contribution in [2.24, 2.45) is 0 Å². The summed E-state index contributed by atoms with van der Waals surface area (Å²) in [7, 11) is -2.55. The van der Waals surface area contributed by atoms with Crippen molar-refractivity contribution in [1.29, 1.82) is 0 Å². The number of anilines is 1. The molecule has 2 N–H and O–H groups in total. The number of halogens is 1. The summed E-state index contributed by atoms with van der Waals surface area (Å²) in [6, 6.07) is 16.9. The van der Waals surface area contributed by atoms with E-state index in [4.69, 9.17) is 9.47 Å². The fourth-order valence-electron chi connectivity index (χ4n) is 3.61. The Bertz CT molecular complexity index is 1650. The van der Waals surface area contributed by atoms with Crippen LogP contribution in [0.3, 0.4) is 0 Å². The molecule has 0 aliphatic heterocycles. The Hall–Kier alpha value is -4.51. The highest BCUT2D eigenvalue weighted by atomic mass is 32.2. The summed E-state index contributed by atoms with van der Waals surface area (Å²) >= 11 is 0. The Morgan fingerprint density at radius 1 is 1.03 bits per heavy atom. The number of hydrogen-bond donors (Lipinski definition) is 2. The minimum Gasteiger partial charge on any atom is -0.481 e. The predicted octanol–water partition coefficient (Wildman–Crippen LogP) is 5.07. The zero-order chi connectivity index (χ0) is 25.3. The molecule has 182 valence electrons. The summed E-state index contributed by atoms with van der Waals surface area (Å²) in [4.78, 5) is 8.40. The Kier molecular flexibility index (Phi) is 5.98. The van der Waals surface area contributed by atoms with E-state index < -0.39 is 20.7 Å². The lowest BCUT2D eigenvalue weighted by atomic mass is 10.1. The molecule has 0 fully saturated rings. The molecule has 0 saturated carbocycles. The second-order valence-corrected chi connectivity index (χ2v) is 9.46. The molecule has 11 heteroatoms. The van der Waals surface area contributed by atoms with Crippen molar-refractivity contribution in [1.82, 2.24) is 20.2 Å². The van der Waals surface area contributed by atoms with E-state index >= 15 is 0 Å². The normalized spacial score (nSPS) is 11.4. The predicted molar refractivity (Wildman–Crippen MR) is 132 cm³/mol. The minimum absolute atomic E-state index is 0.277. The van der Waals surface area contributed by atoms with Crippen LogP contribution in [0.4, 0.5) is 10.1 Å². The first kappa shape index (κ1) is 23.2. The molecule has 0 atom stereocenters. The van der Waals surface area contributed by atoms with Gasteiger partial charge in [0.2, 0.25) is 11.8 Å². The number of ether oxygens (including phenoxy) is 2. The van der Waals surface area contributed by atoms with Crippen molar-refractivity contribution in [2.75, 3.05) is 11.8 Å². The number of rotatable bonds is 7. The molecule has 3 aromatic heterocycles.